The van der Waals surface area contributed by atoms with Gasteiger partial charge in [-0.2, -0.15) is 0 Å². The number of carbonyl (C=O) groups excluding carboxylic acids is 1. The highest BCUT2D eigenvalue weighted by atomic mass is 16.2. The van der Waals surface area contributed by atoms with Gasteiger partial charge in [-0.3, -0.25) is 4.79 Å². The molecule has 1 heterocycles. The van der Waals surface area contributed by atoms with Gasteiger partial charge >= 0.3 is 0 Å². The Balaban J connectivity index is 1.98. The lowest BCUT2D eigenvalue weighted by Crippen LogP contribution is -2.33. The van der Waals surface area contributed by atoms with Crippen molar-refractivity contribution in [2.45, 2.75) is 45.2 Å². The third kappa shape index (κ3) is 2.48. The first-order valence-corrected chi connectivity index (χ1v) is 7.09. The van der Waals surface area contributed by atoms with Crippen LogP contribution in [0.5, 0.6) is 0 Å². The Hall–Kier alpha value is -2.04. The van der Waals surface area contributed by atoms with Gasteiger partial charge in [0.25, 0.3) is 0 Å². The summed E-state index contributed by atoms with van der Waals surface area (Å²) in [5.74, 6) is 1.54. The summed E-state index contributed by atoms with van der Waals surface area (Å²) in [4.78, 5) is 16.7. The summed E-state index contributed by atoms with van der Waals surface area (Å²) in [5.41, 5.74) is 8.38. The summed E-state index contributed by atoms with van der Waals surface area (Å²) in [6.45, 7) is 4.25. The maximum Gasteiger partial charge on any atom is 0.240 e. The minimum Gasteiger partial charge on any atom is -0.399 e. The van der Waals surface area contributed by atoms with Crippen molar-refractivity contribution in [2.24, 2.45) is 0 Å². The molecule has 3 N–H and O–H groups in total. The first kappa shape index (κ1) is 13.0. The van der Waals surface area contributed by atoms with Crippen LogP contribution in [-0.4, -0.2) is 21.5 Å². The van der Waals surface area contributed by atoms with Gasteiger partial charge in [-0.15, -0.1) is 0 Å². The van der Waals surface area contributed by atoms with E-state index >= 15 is 0 Å². The molecule has 0 unspecified atom stereocenters. The average Bonchev–Trinajstić information content (AvgIpc) is 3.13. The van der Waals surface area contributed by atoms with Crippen LogP contribution in [0.15, 0.2) is 18.2 Å². The van der Waals surface area contributed by atoms with E-state index in [0.29, 0.717) is 18.2 Å². The van der Waals surface area contributed by atoms with Gasteiger partial charge in [0.15, 0.2) is 0 Å². The van der Waals surface area contributed by atoms with Gasteiger partial charge in [-0.25, -0.2) is 4.98 Å². The van der Waals surface area contributed by atoms with Gasteiger partial charge in [-0.1, -0.05) is 0 Å². The van der Waals surface area contributed by atoms with E-state index in [-0.39, 0.29) is 11.9 Å². The number of imidazole rings is 1. The molecule has 5 nitrogen and oxygen atoms in total. The first-order chi connectivity index (χ1) is 9.54. The van der Waals surface area contributed by atoms with Crippen LogP contribution in [-0.2, 0) is 11.3 Å². The molecule has 2 aromatic rings. The van der Waals surface area contributed by atoms with Crippen molar-refractivity contribution in [1.82, 2.24) is 14.9 Å². The van der Waals surface area contributed by atoms with Crippen molar-refractivity contribution in [2.75, 3.05) is 5.73 Å². The Morgan fingerprint density at radius 3 is 2.90 bits per heavy atom. The molecular weight excluding hydrogens is 252 g/mol. The number of nitrogens with zero attached hydrogens (tertiary/aromatic N) is 2. The molecule has 1 fully saturated rings. The number of fused-ring (bicyclic) bond motifs is 1. The second-order valence-corrected chi connectivity index (χ2v) is 5.80. The van der Waals surface area contributed by atoms with Crippen molar-refractivity contribution in [3.63, 3.8) is 0 Å². The molecule has 1 saturated carbocycles. The number of nitrogens with one attached hydrogen (secondary N) is 1. The number of benzene rings is 1. The second-order valence-electron chi connectivity index (χ2n) is 5.80. The SMILES string of the molecule is CC(C)NC(=O)Cn1c(C2CC2)nc2cc(N)ccc21. The van der Waals surface area contributed by atoms with Crippen LogP contribution in [0.1, 0.15) is 38.4 Å². The highest BCUT2D eigenvalue weighted by molar-refractivity contribution is 5.83. The third-order valence-electron chi connectivity index (χ3n) is 3.50. The number of nitrogens with two attached hydrogens (primary N) is 1. The number of rotatable bonds is 4. The standard InChI is InChI=1S/C15H20N4O/c1-9(2)17-14(20)8-19-13-6-5-11(16)7-12(13)18-15(19)10-3-4-10/h5-7,9-10H,3-4,8,16H2,1-2H3,(H,17,20). The Morgan fingerprint density at radius 1 is 1.50 bits per heavy atom. The summed E-state index contributed by atoms with van der Waals surface area (Å²) in [6.07, 6.45) is 2.31. The number of anilines is 1. The van der Waals surface area contributed by atoms with Crippen LogP contribution in [0.2, 0.25) is 0 Å². The number of aromatic nitrogens is 2. The van der Waals surface area contributed by atoms with Gasteiger partial charge < -0.3 is 15.6 Å². The average molecular weight is 272 g/mol. The largest absolute Gasteiger partial charge is 0.399 e. The van der Waals surface area contributed by atoms with E-state index in [1.807, 2.05) is 36.6 Å². The quantitative estimate of drug-likeness (QED) is 0.836. The summed E-state index contributed by atoms with van der Waals surface area (Å²) in [5, 5.41) is 2.93. The lowest BCUT2D eigenvalue weighted by atomic mass is 10.3. The van der Waals surface area contributed by atoms with Crippen molar-refractivity contribution < 1.29 is 4.79 Å². The summed E-state index contributed by atoms with van der Waals surface area (Å²) >= 11 is 0. The topological polar surface area (TPSA) is 72.9 Å². The molecule has 20 heavy (non-hydrogen) atoms. The molecule has 1 aromatic heterocycles. The smallest absolute Gasteiger partial charge is 0.240 e. The fourth-order valence-electron chi connectivity index (χ4n) is 2.50. The van der Waals surface area contributed by atoms with Crippen LogP contribution in [0.4, 0.5) is 5.69 Å². The third-order valence-corrected chi connectivity index (χ3v) is 3.50. The minimum atomic E-state index is 0.0259. The summed E-state index contributed by atoms with van der Waals surface area (Å²) < 4.78 is 2.03. The number of amides is 1. The highest BCUT2D eigenvalue weighted by Crippen LogP contribution is 2.40. The molecule has 0 bridgehead atoms. The van der Waals surface area contributed by atoms with Crippen LogP contribution >= 0.6 is 0 Å². The normalized spacial score (nSPS) is 14.9. The minimum absolute atomic E-state index is 0.0259. The molecule has 1 aromatic carbocycles. The predicted molar refractivity (Wildman–Crippen MR) is 79.4 cm³/mol. The molecule has 106 valence electrons. The van der Waals surface area contributed by atoms with Gasteiger partial charge in [0.2, 0.25) is 5.91 Å². The summed E-state index contributed by atoms with van der Waals surface area (Å²) in [6, 6.07) is 5.83. The van der Waals surface area contributed by atoms with Crippen LogP contribution in [0.3, 0.4) is 0 Å². The molecule has 0 aliphatic heterocycles. The van der Waals surface area contributed by atoms with Gasteiger partial charge in [0.1, 0.15) is 12.4 Å². The zero-order valence-electron chi connectivity index (χ0n) is 11.9. The maximum absolute atomic E-state index is 12.0. The maximum atomic E-state index is 12.0. The molecule has 0 saturated heterocycles. The fraction of sp³-hybridized carbons (Fsp3) is 0.467. The van der Waals surface area contributed by atoms with Crippen molar-refractivity contribution in [1.29, 1.82) is 0 Å². The lowest BCUT2D eigenvalue weighted by Gasteiger charge is -2.11. The zero-order chi connectivity index (χ0) is 14.3. The monoisotopic (exact) mass is 272 g/mol. The van der Waals surface area contributed by atoms with Crippen LogP contribution in [0.25, 0.3) is 11.0 Å². The van der Waals surface area contributed by atoms with Crippen LogP contribution < -0.4 is 11.1 Å². The molecule has 1 amide bonds. The molecule has 5 heteroatoms. The van der Waals surface area contributed by atoms with Gasteiger partial charge in [0.05, 0.1) is 11.0 Å². The van der Waals surface area contributed by atoms with Crippen LogP contribution in [0, 0.1) is 0 Å². The molecule has 3 rings (SSSR count). The lowest BCUT2D eigenvalue weighted by molar-refractivity contribution is -0.122. The predicted octanol–water partition coefficient (Wildman–Crippen LogP) is 2.02. The number of hydrogen-bond donors (Lipinski definition) is 2. The molecule has 1 aliphatic carbocycles. The zero-order valence-corrected chi connectivity index (χ0v) is 11.9. The molecular formula is C15H20N4O. The van der Waals surface area contributed by atoms with E-state index in [1.165, 1.54) is 0 Å². The van der Waals surface area contributed by atoms with Crippen molar-refractivity contribution >= 4 is 22.6 Å². The van der Waals surface area contributed by atoms with E-state index in [4.69, 9.17) is 5.73 Å². The van der Waals surface area contributed by atoms with Crippen molar-refractivity contribution in [3.8, 4) is 0 Å². The fourth-order valence-corrected chi connectivity index (χ4v) is 2.50. The number of hydrogen-bond acceptors (Lipinski definition) is 3. The Bertz CT molecular complexity index is 655. The van der Waals surface area contributed by atoms with E-state index in [2.05, 4.69) is 10.3 Å². The van der Waals surface area contributed by atoms with Gasteiger partial charge in [-0.05, 0) is 44.9 Å². The molecule has 0 radical (unpaired) electrons. The summed E-state index contributed by atoms with van der Waals surface area (Å²) in [7, 11) is 0. The molecule has 0 atom stereocenters. The second kappa shape index (κ2) is 4.81. The Kier molecular flexibility index (Phi) is 3.12. The highest BCUT2D eigenvalue weighted by Gasteiger charge is 2.30. The van der Waals surface area contributed by atoms with Crippen molar-refractivity contribution in [3.05, 3.63) is 24.0 Å². The Labute approximate surface area is 118 Å². The molecule has 0 spiro atoms. The Morgan fingerprint density at radius 2 is 2.25 bits per heavy atom. The van der Waals surface area contributed by atoms with E-state index in [0.717, 1.165) is 29.7 Å². The van der Waals surface area contributed by atoms with E-state index in [9.17, 15) is 4.79 Å². The molecule has 1 aliphatic rings. The van der Waals surface area contributed by atoms with Gasteiger partial charge in [0, 0.05) is 17.6 Å². The number of nitrogen functional groups attached to an aromatic ring is 1. The number of carbonyl (C=O) groups is 1. The van der Waals surface area contributed by atoms with E-state index < -0.39 is 0 Å². The first-order valence-electron chi connectivity index (χ1n) is 7.09. The van der Waals surface area contributed by atoms with E-state index in [1.54, 1.807) is 0 Å².